The Hall–Kier alpha value is -0.200. The van der Waals surface area contributed by atoms with E-state index in [4.69, 9.17) is 20.4 Å². The number of ether oxygens (including phenoxy) is 1. The summed E-state index contributed by atoms with van der Waals surface area (Å²) in [6.45, 7) is -1.50. The second-order valence-corrected chi connectivity index (χ2v) is 1.77. The monoisotopic (exact) mass is 152 g/mol. The third-order valence-electron chi connectivity index (χ3n) is 1.08. The van der Waals surface area contributed by atoms with Crippen LogP contribution in [0.2, 0.25) is 0 Å². The van der Waals surface area contributed by atoms with E-state index in [9.17, 15) is 0 Å². The van der Waals surface area contributed by atoms with Crippen LogP contribution in [0.1, 0.15) is 0 Å². The van der Waals surface area contributed by atoms with Gasteiger partial charge in [0.15, 0.2) is 0 Å². The van der Waals surface area contributed by atoms with E-state index < -0.39 is 32.2 Å². The van der Waals surface area contributed by atoms with Crippen LogP contribution in [0, 0.1) is 0 Å². The first kappa shape index (κ1) is 9.80. The van der Waals surface area contributed by atoms with E-state index in [1.54, 1.807) is 0 Å². The van der Waals surface area contributed by atoms with Crippen LogP contribution in [0.4, 0.5) is 0 Å². The molecule has 5 nitrogen and oxygen atoms in total. The van der Waals surface area contributed by atoms with E-state index in [1.807, 2.05) is 0 Å². The van der Waals surface area contributed by atoms with Gasteiger partial charge in [-0.05, 0) is 0 Å². The van der Waals surface area contributed by atoms with Gasteiger partial charge in [-0.3, -0.25) is 0 Å². The maximum Gasteiger partial charge on any atom is 0.144 e. The molecule has 0 rings (SSSR count). The minimum Gasteiger partial charge on any atom is -0.394 e. The summed E-state index contributed by atoms with van der Waals surface area (Å²) < 4.78 is 4.44. The summed E-state index contributed by atoms with van der Waals surface area (Å²) in [6, 6.07) is 0. The Balaban J connectivity index is 3.56. The molecule has 0 fully saturated rings. The van der Waals surface area contributed by atoms with Gasteiger partial charge in [0.2, 0.25) is 0 Å². The molecule has 0 unspecified atom stereocenters. The standard InChI is InChI=1S/C5H12O5/c6-1-4(9)5(2-7)10-3-8/h4-9H,1-3H2/t4-,5+/m0/s1. The van der Waals surface area contributed by atoms with Gasteiger partial charge in [-0.2, -0.15) is 0 Å². The lowest BCUT2D eigenvalue weighted by atomic mass is 10.2. The van der Waals surface area contributed by atoms with Crippen LogP contribution in [-0.4, -0.2) is 52.6 Å². The first-order chi connectivity index (χ1) is 4.76. The fraction of sp³-hybridized carbons (Fsp3) is 1.00. The highest BCUT2D eigenvalue weighted by molar-refractivity contribution is 4.65. The molecule has 0 saturated carbocycles. The molecule has 62 valence electrons. The number of aliphatic hydroxyl groups excluding tert-OH is 4. The van der Waals surface area contributed by atoms with E-state index in [0.717, 1.165) is 0 Å². The van der Waals surface area contributed by atoms with Crippen molar-refractivity contribution in [3.63, 3.8) is 0 Å². The van der Waals surface area contributed by atoms with Gasteiger partial charge in [0.05, 0.1) is 13.2 Å². The van der Waals surface area contributed by atoms with Crippen molar-refractivity contribution in [1.29, 1.82) is 0 Å². The van der Waals surface area contributed by atoms with Crippen molar-refractivity contribution in [2.45, 2.75) is 12.2 Å². The quantitative estimate of drug-likeness (QED) is 0.332. The zero-order valence-electron chi connectivity index (χ0n) is 5.47. The third kappa shape index (κ3) is 3.09. The fourth-order valence-electron chi connectivity index (χ4n) is 0.499. The molecule has 0 spiro atoms. The lowest BCUT2D eigenvalue weighted by Crippen LogP contribution is -2.35. The zero-order chi connectivity index (χ0) is 7.98. The minimum absolute atomic E-state index is 0.428. The van der Waals surface area contributed by atoms with E-state index >= 15 is 0 Å². The molecular weight excluding hydrogens is 140 g/mol. The maximum atomic E-state index is 8.80. The number of hydrogen-bond donors (Lipinski definition) is 4. The molecule has 0 aromatic rings. The third-order valence-corrected chi connectivity index (χ3v) is 1.08. The van der Waals surface area contributed by atoms with Crippen molar-refractivity contribution >= 4 is 0 Å². The SMILES string of the molecule is OCO[C@H](CO)[C@@H](O)CO. The summed E-state index contributed by atoms with van der Waals surface area (Å²) in [4.78, 5) is 0. The van der Waals surface area contributed by atoms with Crippen molar-refractivity contribution in [2.24, 2.45) is 0 Å². The molecule has 0 aromatic heterocycles. The Morgan fingerprint density at radius 3 is 2.00 bits per heavy atom. The predicted molar refractivity (Wildman–Crippen MR) is 32.1 cm³/mol. The van der Waals surface area contributed by atoms with Crippen LogP contribution in [0.5, 0.6) is 0 Å². The molecule has 0 bridgehead atoms. The Morgan fingerprint density at radius 1 is 1.10 bits per heavy atom. The van der Waals surface area contributed by atoms with Crippen LogP contribution >= 0.6 is 0 Å². The van der Waals surface area contributed by atoms with Crippen LogP contribution in [0.15, 0.2) is 0 Å². The van der Waals surface area contributed by atoms with Crippen LogP contribution in [-0.2, 0) is 4.74 Å². The lowest BCUT2D eigenvalue weighted by molar-refractivity contribution is -0.124. The van der Waals surface area contributed by atoms with Crippen molar-refractivity contribution < 1.29 is 25.2 Å². The summed E-state index contributed by atoms with van der Waals surface area (Å²) in [7, 11) is 0. The molecule has 0 amide bonds. The van der Waals surface area contributed by atoms with Gasteiger partial charge in [0.1, 0.15) is 19.0 Å². The molecule has 0 heterocycles. The van der Waals surface area contributed by atoms with Crippen LogP contribution in [0.3, 0.4) is 0 Å². The number of aliphatic hydroxyl groups is 4. The lowest BCUT2D eigenvalue weighted by Gasteiger charge is -2.17. The second kappa shape index (κ2) is 5.57. The molecule has 10 heavy (non-hydrogen) atoms. The molecular formula is C5H12O5. The Morgan fingerprint density at radius 2 is 1.70 bits per heavy atom. The predicted octanol–water partition coefficient (Wildman–Crippen LogP) is -2.33. The number of rotatable bonds is 5. The molecule has 0 radical (unpaired) electrons. The zero-order valence-corrected chi connectivity index (χ0v) is 5.47. The van der Waals surface area contributed by atoms with Gasteiger partial charge >= 0.3 is 0 Å². The van der Waals surface area contributed by atoms with Gasteiger partial charge in [-0.1, -0.05) is 0 Å². The smallest absolute Gasteiger partial charge is 0.144 e. The van der Waals surface area contributed by atoms with E-state index in [-0.39, 0.29) is 0 Å². The molecule has 0 aliphatic carbocycles. The molecule has 0 saturated heterocycles. The Kier molecular flexibility index (Phi) is 5.46. The highest BCUT2D eigenvalue weighted by Crippen LogP contribution is 1.96. The van der Waals surface area contributed by atoms with Gasteiger partial charge in [-0.25, -0.2) is 0 Å². The van der Waals surface area contributed by atoms with Crippen molar-refractivity contribution in [3.05, 3.63) is 0 Å². The summed E-state index contributed by atoms with van der Waals surface area (Å²) >= 11 is 0. The molecule has 0 aliphatic heterocycles. The maximum absolute atomic E-state index is 8.80. The largest absolute Gasteiger partial charge is 0.394 e. The fourth-order valence-corrected chi connectivity index (χ4v) is 0.499. The summed E-state index contributed by atoms with van der Waals surface area (Å²) in [5.41, 5.74) is 0. The minimum atomic E-state index is -1.14. The average molecular weight is 152 g/mol. The van der Waals surface area contributed by atoms with E-state index in [2.05, 4.69) is 4.74 Å². The molecule has 4 N–H and O–H groups in total. The normalized spacial score (nSPS) is 16.8. The first-order valence-corrected chi connectivity index (χ1v) is 2.88. The first-order valence-electron chi connectivity index (χ1n) is 2.88. The topological polar surface area (TPSA) is 90.2 Å². The Labute approximate surface area is 58.5 Å². The summed E-state index contributed by atoms with van der Waals surface area (Å²) in [6.07, 6.45) is -2.05. The molecule has 0 aromatic carbocycles. The van der Waals surface area contributed by atoms with Gasteiger partial charge in [-0.15, -0.1) is 0 Å². The van der Waals surface area contributed by atoms with Gasteiger partial charge < -0.3 is 25.2 Å². The van der Waals surface area contributed by atoms with Crippen molar-refractivity contribution in [3.8, 4) is 0 Å². The molecule has 5 heteroatoms. The highest BCUT2D eigenvalue weighted by Gasteiger charge is 2.17. The van der Waals surface area contributed by atoms with Crippen molar-refractivity contribution in [2.75, 3.05) is 20.0 Å². The van der Waals surface area contributed by atoms with Gasteiger partial charge in [0, 0.05) is 0 Å². The van der Waals surface area contributed by atoms with Gasteiger partial charge in [0.25, 0.3) is 0 Å². The molecule has 2 atom stereocenters. The average Bonchev–Trinajstić information content (AvgIpc) is 1.99. The highest BCUT2D eigenvalue weighted by atomic mass is 16.6. The van der Waals surface area contributed by atoms with Crippen LogP contribution in [0.25, 0.3) is 0 Å². The van der Waals surface area contributed by atoms with Crippen LogP contribution < -0.4 is 0 Å². The van der Waals surface area contributed by atoms with E-state index in [0.29, 0.717) is 0 Å². The summed E-state index contributed by atoms with van der Waals surface area (Å²) in [5.74, 6) is 0. The number of hydrogen-bond acceptors (Lipinski definition) is 5. The van der Waals surface area contributed by atoms with E-state index in [1.165, 1.54) is 0 Å². The molecule has 0 aliphatic rings. The second-order valence-electron chi connectivity index (χ2n) is 1.77. The van der Waals surface area contributed by atoms with Crippen molar-refractivity contribution in [1.82, 2.24) is 0 Å². The Bertz CT molecular complexity index is 76.4. The summed E-state index contributed by atoms with van der Waals surface area (Å²) in [5, 5.41) is 33.8.